The molecule has 0 aliphatic heterocycles. The molecule has 7 heteroatoms. The Hall–Kier alpha value is -1.92. The van der Waals surface area contributed by atoms with Crippen LogP contribution in [0.4, 0.5) is 0 Å². The van der Waals surface area contributed by atoms with E-state index in [2.05, 4.69) is 10.6 Å². The molecular formula is C20H28ClN3O3. The maximum Gasteiger partial charge on any atom is 0.243 e. The zero-order valence-electron chi connectivity index (χ0n) is 16.3. The Morgan fingerprint density at radius 2 is 1.81 bits per heavy atom. The summed E-state index contributed by atoms with van der Waals surface area (Å²) in [5.74, 6) is -0.231. The van der Waals surface area contributed by atoms with Gasteiger partial charge in [-0.1, -0.05) is 23.7 Å². The van der Waals surface area contributed by atoms with Crippen molar-refractivity contribution in [3.8, 4) is 0 Å². The smallest absolute Gasteiger partial charge is 0.243 e. The first-order chi connectivity index (χ1) is 12.7. The lowest BCUT2D eigenvalue weighted by atomic mass is 10.0. The normalized spacial score (nSPS) is 16.9. The predicted molar refractivity (Wildman–Crippen MR) is 106 cm³/mol. The molecule has 0 radical (unpaired) electrons. The number of halogens is 1. The summed E-state index contributed by atoms with van der Waals surface area (Å²) in [6.45, 7) is 3.12. The highest BCUT2D eigenvalue weighted by molar-refractivity contribution is 6.30. The van der Waals surface area contributed by atoms with Crippen molar-refractivity contribution in [1.29, 1.82) is 0 Å². The van der Waals surface area contributed by atoms with Gasteiger partial charge in [-0.05, 0) is 63.8 Å². The summed E-state index contributed by atoms with van der Waals surface area (Å²) < 4.78 is 0. The molecule has 6 nitrogen and oxygen atoms in total. The maximum atomic E-state index is 12.6. The first-order valence-corrected chi connectivity index (χ1v) is 9.61. The summed E-state index contributed by atoms with van der Waals surface area (Å²) in [6.07, 6.45) is 2.43. The molecule has 2 rings (SSSR count). The van der Waals surface area contributed by atoms with Gasteiger partial charge >= 0.3 is 0 Å². The Kier molecular flexibility index (Phi) is 7.39. The van der Waals surface area contributed by atoms with Crippen molar-refractivity contribution in [3.05, 3.63) is 34.9 Å². The molecule has 2 N–H and O–H groups in total. The van der Waals surface area contributed by atoms with E-state index in [-0.39, 0.29) is 23.6 Å². The lowest BCUT2D eigenvalue weighted by Gasteiger charge is -2.29. The van der Waals surface area contributed by atoms with E-state index in [1.807, 2.05) is 12.1 Å². The summed E-state index contributed by atoms with van der Waals surface area (Å²) in [6, 6.07) is 5.59. The average Bonchev–Trinajstić information content (AvgIpc) is 3.47. The number of hydrogen-bond acceptors (Lipinski definition) is 4. The molecule has 0 bridgehead atoms. The highest BCUT2D eigenvalue weighted by Crippen LogP contribution is 2.33. The summed E-state index contributed by atoms with van der Waals surface area (Å²) in [7, 11) is 3.39. The number of benzene rings is 1. The fourth-order valence-electron chi connectivity index (χ4n) is 3.02. The first-order valence-electron chi connectivity index (χ1n) is 9.23. The number of rotatable bonds is 9. The Labute approximate surface area is 165 Å². The highest BCUT2D eigenvalue weighted by Gasteiger charge is 2.38. The second kappa shape index (κ2) is 9.33. The monoisotopic (exact) mass is 393 g/mol. The molecule has 1 fully saturated rings. The molecule has 0 spiro atoms. The molecule has 27 heavy (non-hydrogen) atoms. The molecule has 148 valence electrons. The van der Waals surface area contributed by atoms with Crippen LogP contribution in [0.1, 0.15) is 32.3 Å². The molecule has 0 saturated heterocycles. The van der Waals surface area contributed by atoms with E-state index in [0.29, 0.717) is 17.4 Å². The van der Waals surface area contributed by atoms with Crippen LogP contribution < -0.4 is 10.6 Å². The van der Waals surface area contributed by atoms with Crippen molar-refractivity contribution in [2.45, 2.75) is 51.2 Å². The van der Waals surface area contributed by atoms with Crippen molar-refractivity contribution in [2.24, 2.45) is 5.92 Å². The predicted octanol–water partition coefficient (Wildman–Crippen LogP) is 1.80. The highest BCUT2D eigenvalue weighted by atomic mass is 35.5. The zero-order chi connectivity index (χ0) is 20.1. The fourth-order valence-corrected chi connectivity index (χ4v) is 3.15. The number of carbonyl (C=O) groups is 3. The van der Waals surface area contributed by atoms with Gasteiger partial charge in [0.2, 0.25) is 11.8 Å². The van der Waals surface area contributed by atoms with Crippen LogP contribution in [0, 0.1) is 5.92 Å². The van der Waals surface area contributed by atoms with Crippen molar-refractivity contribution >= 4 is 29.2 Å². The third kappa shape index (κ3) is 5.78. The van der Waals surface area contributed by atoms with Crippen LogP contribution in [0.15, 0.2) is 24.3 Å². The third-order valence-corrected chi connectivity index (χ3v) is 5.39. The number of nitrogens with zero attached hydrogens (tertiary/aromatic N) is 1. The van der Waals surface area contributed by atoms with Crippen molar-refractivity contribution < 1.29 is 14.4 Å². The Balaban J connectivity index is 1.99. The van der Waals surface area contributed by atoms with E-state index in [1.165, 1.54) is 11.8 Å². The number of Topliss-reactive ketones (excluding diaryl/α,β-unsaturated/α-hetero) is 1. The van der Waals surface area contributed by atoms with E-state index in [1.54, 1.807) is 33.2 Å². The van der Waals surface area contributed by atoms with Crippen molar-refractivity contribution in [3.63, 3.8) is 0 Å². The first kappa shape index (κ1) is 21.4. The van der Waals surface area contributed by atoms with Gasteiger partial charge < -0.3 is 15.5 Å². The van der Waals surface area contributed by atoms with E-state index in [9.17, 15) is 14.4 Å². The van der Waals surface area contributed by atoms with Gasteiger partial charge in [0.25, 0.3) is 0 Å². The quantitative estimate of drug-likeness (QED) is 0.670. The van der Waals surface area contributed by atoms with Crippen LogP contribution in [-0.4, -0.2) is 54.7 Å². The number of nitrogens with one attached hydrogen (secondary N) is 2. The lowest BCUT2D eigenvalue weighted by Crippen LogP contribution is -2.54. The van der Waals surface area contributed by atoms with Crippen LogP contribution in [0.3, 0.4) is 0 Å². The Morgan fingerprint density at radius 3 is 2.30 bits per heavy atom. The van der Waals surface area contributed by atoms with Gasteiger partial charge in [0.15, 0.2) is 5.78 Å². The van der Waals surface area contributed by atoms with Gasteiger partial charge in [0.05, 0.1) is 12.1 Å². The van der Waals surface area contributed by atoms with E-state index in [4.69, 9.17) is 11.6 Å². The average molecular weight is 394 g/mol. The largest absolute Gasteiger partial charge is 0.344 e. The minimum atomic E-state index is -0.667. The Bertz CT molecular complexity index is 688. The molecular weight excluding hydrogens is 366 g/mol. The molecule has 2 amide bonds. The number of ketones is 1. The van der Waals surface area contributed by atoms with Crippen LogP contribution in [0.5, 0.6) is 0 Å². The molecule has 0 unspecified atom stereocenters. The second-order valence-electron chi connectivity index (χ2n) is 7.23. The summed E-state index contributed by atoms with van der Waals surface area (Å²) in [5, 5.41) is 6.44. The molecule has 1 saturated carbocycles. The molecule has 1 aromatic carbocycles. The van der Waals surface area contributed by atoms with E-state index >= 15 is 0 Å². The standard InChI is InChI=1S/C20H28ClN3O3/c1-12(24(4)20(27)18(22-3)15-7-8-15)19(26)23-17(13(2)25)11-14-5-9-16(21)10-6-14/h5-6,9-10,12,15,17-18,22H,7-8,11H2,1-4H3,(H,23,26)/t12-,17-,18+/m1/s1. The zero-order valence-corrected chi connectivity index (χ0v) is 17.0. The van der Waals surface area contributed by atoms with Gasteiger partial charge in [-0.2, -0.15) is 0 Å². The van der Waals surface area contributed by atoms with Crippen LogP contribution in [0.2, 0.25) is 5.02 Å². The van der Waals surface area contributed by atoms with Gasteiger partial charge in [-0.3, -0.25) is 14.4 Å². The van der Waals surface area contributed by atoms with Crippen molar-refractivity contribution in [2.75, 3.05) is 14.1 Å². The number of hydrogen-bond donors (Lipinski definition) is 2. The molecule has 0 aromatic heterocycles. The molecule has 1 aromatic rings. The fraction of sp³-hybridized carbons (Fsp3) is 0.550. The Morgan fingerprint density at radius 1 is 1.22 bits per heavy atom. The SMILES string of the molecule is CN[C@H](C(=O)N(C)[C@H](C)C(=O)N[C@H](Cc1ccc(Cl)cc1)C(C)=O)C1CC1. The second-order valence-corrected chi connectivity index (χ2v) is 7.67. The summed E-state index contributed by atoms with van der Waals surface area (Å²) >= 11 is 5.89. The number of likely N-dealkylation sites (N-methyl/N-ethyl adjacent to an activating group) is 2. The third-order valence-electron chi connectivity index (χ3n) is 5.14. The summed E-state index contributed by atoms with van der Waals surface area (Å²) in [5.41, 5.74) is 0.904. The lowest BCUT2D eigenvalue weighted by molar-refractivity contribution is -0.140. The number of carbonyl (C=O) groups excluding carboxylic acids is 3. The van der Waals surface area contributed by atoms with E-state index in [0.717, 1.165) is 18.4 Å². The molecule has 1 aliphatic carbocycles. The number of amides is 2. The molecule has 3 atom stereocenters. The molecule has 1 aliphatic rings. The minimum absolute atomic E-state index is 0.0975. The minimum Gasteiger partial charge on any atom is -0.344 e. The van der Waals surface area contributed by atoms with E-state index < -0.39 is 12.1 Å². The van der Waals surface area contributed by atoms with Gasteiger partial charge in [0, 0.05) is 12.1 Å². The van der Waals surface area contributed by atoms with Crippen molar-refractivity contribution in [1.82, 2.24) is 15.5 Å². The van der Waals surface area contributed by atoms with Crippen LogP contribution >= 0.6 is 11.6 Å². The van der Waals surface area contributed by atoms with Crippen LogP contribution in [-0.2, 0) is 20.8 Å². The van der Waals surface area contributed by atoms with Gasteiger partial charge in [0.1, 0.15) is 6.04 Å². The summed E-state index contributed by atoms with van der Waals surface area (Å²) in [4.78, 5) is 38.7. The molecule has 0 heterocycles. The maximum absolute atomic E-state index is 12.6. The van der Waals surface area contributed by atoms with Gasteiger partial charge in [-0.25, -0.2) is 0 Å². The van der Waals surface area contributed by atoms with Gasteiger partial charge in [-0.15, -0.1) is 0 Å². The van der Waals surface area contributed by atoms with Crippen LogP contribution in [0.25, 0.3) is 0 Å². The topological polar surface area (TPSA) is 78.5 Å².